The van der Waals surface area contributed by atoms with Crippen LogP contribution in [0.1, 0.15) is 13.8 Å². The fourth-order valence-corrected chi connectivity index (χ4v) is 2.80. The Morgan fingerprint density at radius 2 is 2.16 bits per heavy atom. The molecule has 8 heteroatoms. The molecule has 0 bridgehead atoms. The van der Waals surface area contributed by atoms with Gasteiger partial charge in [-0.1, -0.05) is 23.9 Å². The van der Waals surface area contributed by atoms with E-state index >= 15 is 0 Å². The van der Waals surface area contributed by atoms with Crippen molar-refractivity contribution in [3.05, 3.63) is 47.4 Å². The van der Waals surface area contributed by atoms with Gasteiger partial charge in [0.25, 0.3) is 5.56 Å². The standard InChI is InChI=1S/C17H19N5O2S/c1-5-9-21-16(23)12-10-18-17(25-4)20-15(12)22(21)13-7-6-8-14(19-13)24-11(2)3/h5-8,10-11H,1,9H2,2-4H3. The fraction of sp³-hybridized carbons (Fsp3) is 0.294. The SMILES string of the molecule is C=CCn1c(=O)c2cnc(SC)nc2n1-c1cccc(OC(C)C)n1. The Morgan fingerprint density at radius 3 is 2.84 bits per heavy atom. The van der Waals surface area contributed by atoms with E-state index in [1.165, 1.54) is 16.4 Å². The number of hydrogen-bond acceptors (Lipinski definition) is 6. The molecule has 0 aliphatic rings. The Labute approximate surface area is 149 Å². The minimum Gasteiger partial charge on any atom is -0.475 e. The molecule has 130 valence electrons. The number of thioether (sulfide) groups is 1. The zero-order chi connectivity index (χ0) is 18.0. The lowest BCUT2D eigenvalue weighted by Crippen LogP contribution is -2.22. The molecule has 0 aliphatic heterocycles. The number of pyridine rings is 1. The van der Waals surface area contributed by atoms with Crippen molar-refractivity contribution in [3.8, 4) is 11.7 Å². The number of aromatic nitrogens is 5. The molecule has 0 saturated carbocycles. The van der Waals surface area contributed by atoms with E-state index < -0.39 is 0 Å². The van der Waals surface area contributed by atoms with Crippen LogP contribution >= 0.6 is 11.8 Å². The molecule has 3 aromatic rings. The third kappa shape index (κ3) is 3.30. The number of ether oxygens (including phenoxy) is 1. The van der Waals surface area contributed by atoms with Gasteiger partial charge in [0, 0.05) is 12.3 Å². The Bertz CT molecular complexity index is 977. The maximum Gasteiger partial charge on any atom is 0.278 e. The fourth-order valence-electron chi connectivity index (χ4n) is 2.46. The Morgan fingerprint density at radius 1 is 1.36 bits per heavy atom. The second kappa shape index (κ2) is 7.10. The van der Waals surface area contributed by atoms with E-state index in [2.05, 4.69) is 21.5 Å². The van der Waals surface area contributed by atoms with Gasteiger partial charge >= 0.3 is 0 Å². The Kier molecular flexibility index (Phi) is 4.89. The summed E-state index contributed by atoms with van der Waals surface area (Å²) in [5.74, 6) is 1.05. The van der Waals surface area contributed by atoms with Crippen molar-refractivity contribution in [2.45, 2.75) is 31.7 Å². The molecule has 0 radical (unpaired) electrons. The lowest BCUT2D eigenvalue weighted by atomic mass is 10.4. The van der Waals surface area contributed by atoms with Gasteiger partial charge in [-0.3, -0.25) is 4.79 Å². The van der Waals surface area contributed by atoms with E-state index in [0.29, 0.717) is 34.4 Å². The molecule has 7 nitrogen and oxygen atoms in total. The van der Waals surface area contributed by atoms with Crippen LogP contribution in [0.25, 0.3) is 16.9 Å². The number of fused-ring (bicyclic) bond motifs is 1. The van der Waals surface area contributed by atoms with Gasteiger partial charge in [0.05, 0.1) is 12.6 Å². The summed E-state index contributed by atoms with van der Waals surface area (Å²) in [5.41, 5.74) is 0.333. The van der Waals surface area contributed by atoms with Gasteiger partial charge in [0.15, 0.2) is 16.6 Å². The van der Waals surface area contributed by atoms with Crippen LogP contribution in [0.3, 0.4) is 0 Å². The van der Waals surface area contributed by atoms with Gasteiger partial charge in [0.2, 0.25) is 5.88 Å². The van der Waals surface area contributed by atoms with Crippen molar-refractivity contribution < 1.29 is 4.74 Å². The maximum atomic E-state index is 12.7. The molecule has 25 heavy (non-hydrogen) atoms. The molecule has 0 atom stereocenters. The molecule has 0 aromatic carbocycles. The van der Waals surface area contributed by atoms with E-state index in [0.717, 1.165) is 0 Å². The molecule has 0 saturated heterocycles. The molecule has 0 spiro atoms. The molecular formula is C17H19N5O2S. The summed E-state index contributed by atoms with van der Waals surface area (Å²) >= 11 is 1.42. The topological polar surface area (TPSA) is 74.8 Å². The molecular weight excluding hydrogens is 338 g/mol. The van der Waals surface area contributed by atoms with Crippen molar-refractivity contribution in [1.82, 2.24) is 24.3 Å². The average Bonchev–Trinajstić information content (AvgIpc) is 2.86. The second-order valence-electron chi connectivity index (χ2n) is 5.58. The third-order valence-electron chi connectivity index (χ3n) is 3.42. The molecule has 3 aromatic heterocycles. The van der Waals surface area contributed by atoms with Crippen molar-refractivity contribution >= 4 is 22.8 Å². The third-order valence-corrected chi connectivity index (χ3v) is 3.98. The molecule has 0 fully saturated rings. The van der Waals surface area contributed by atoms with E-state index in [9.17, 15) is 4.79 Å². The van der Waals surface area contributed by atoms with E-state index in [1.807, 2.05) is 32.2 Å². The zero-order valence-electron chi connectivity index (χ0n) is 14.3. The van der Waals surface area contributed by atoms with Crippen LogP contribution in [-0.4, -0.2) is 36.7 Å². The Hall–Kier alpha value is -2.61. The highest BCUT2D eigenvalue weighted by Gasteiger charge is 2.18. The summed E-state index contributed by atoms with van der Waals surface area (Å²) in [6.07, 6.45) is 5.11. The van der Waals surface area contributed by atoms with E-state index in [4.69, 9.17) is 4.74 Å². The number of rotatable bonds is 6. The van der Waals surface area contributed by atoms with Crippen LogP contribution in [-0.2, 0) is 6.54 Å². The van der Waals surface area contributed by atoms with Crippen molar-refractivity contribution in [2.24, 2.45) is 0 Å². The van der Waals surface area contributed by atoms with Gasteiger partial charge in [-0.25, -0.2) is 19.3 Å². The first-order chi connectivity index (χ1) is 12.0. The minimum absolute atomic E-state index is 0.00458. The predicted octanol–water partition coefficient (Wildman–Crippen LogP) is 2.67. The van der Waals surface area contributed by atoms with Crippen LogP contribution in [0.5, 0.6) is 5.88 Å². The summed E-state index contributed by atoms with van der Waals surface area (Å²) in [6, 6.07) is 5.44. The van der Waals surface area contributed by atoms with Crippen LogP contribution < -0.4 is 10.3 Å². The summed E-state index contributed by atoms with van der Waals surface area (Å²) < 4.78 is 8.90. The maximum absolute atomic E-state index is 12.7. The quantitative estimate of drug-likeness (QED) is 0.384. The first kappa shape index (κ1) is 17.2. The smallest absolute Gasteiger partial charge is 0.278 e. The van der Waals surface area contributed by atoms with E-state index in [-0.39, 0.29) is 11.7 Å². The summed E-state index contributed by atoms with van der Waals surface area (Å²) in [5, 5.41) is 1.03. The normalized spacial score (nSPS) is 11.2. The highest BCUT2D eigenvalue weighted by Crippen LogP contribution is 2.19. The number of allylic oxidation sites excluding steroid dienone is 1. The minimum atomic E-state index is -0.181. The molecule has 3 heterocycles. The van der Waals surface area contributed by atoms with Gasteiger partial charge in [0.1, 0.15) is 5.39 Å². The monoisotopic (exact) mass is 357 g/mol. The van der Waals surface area contributed by atoms with Crippen molar-refractivity contribution in [1.29, 1.82) is 0 Å². The van der Waals surface area contributed by atoms with E-state index in [1.54, 1.807) is 23.0 Å². The molecule has 0 amide bonds. The molecule has 3 rings (SSSR count). The molecule has 0 N–H and O–H groups in total. The summed E-state index contributed by atoms with van der Waals surface area (Å²) in [4.78, 5) is 26.0. The zero-order valence-corrected chi connectivity index (χ0v) is 15.2. The number of hydrogen-bond donors (Lipinski definition) is 0. The molecule has 0 aliphatic carbocycles. The highest BCUT2D eigenvalue weighted by molar-refractivity contribution is 7.98. The van der Waals surface area contributed by atoms with Gasteiger partial charge in [-0.2, -0.15) is 4.98 Å². The summed E-state index contributed by atoms with van der Waals surface area (Å²) in [7, 11) is 0. The van der Waals surface area contributed by atoms with Crippen molar-refractivity contribution in [2.75, 3.05) is 6.26 Å². The predicted molar refractivity (Wildman–Crippen MR) is 98.7 cm³/mol. The first-order valence-corrected chi connectivity index (χ1v) is 9.05. The largest absolute Gasteiger partial charge is 0.475 e. The van der Waals surface area contributed by atoms with Gasteiger partial charge in [-0.15, -0.1) is 6.58 Å². The lowest BCUT2D eigenvalue weighted by Gasteiger charge is -2.13. The van der Waals surface area contributed by atoms with Crippen LogP contribution in [0.15, 0.2) is 47.0 Å². The highest BCUT2D eigenvalue weighted by atomic mass is 32.2. The first-order valence-electron chi connectivity index (χ1n) is 7.82. The average molecular weight is 357 g/mol. The second-order valence-corrected chi connectivity index (χ2v) is 6.36. The number of nitrogens with zero attached hydrogens (tertiary/aromatic N) is 5. The molecule has 0 unspecified atom stereocenters. The van der Waals surface area contributed by atoms with Crippen molar-refractivity contribution in [3.63, 3.8) is 0 Å². The van der Waals surface area contributed by atoms with Crippen LogP contribution in [0.4, 0.5) is 0 Å². The van der Waals surface area contributed by atoms with Crippen LogP contribution in [0.2, 0.25) is 0 Å². The lowest BCUT2D eigenvalue weighted by molar-refractivity contribution is 0.232. The van der Waals surface area contributed by atoms with Gasteiger partial charge in [-0.05, 0) is 26.2 Å². The summed E-state index contributed by atoms with van der Waals surface area (Å²) in [6.45, 7) is 7.94. The van der Waals surface area contributed by atoms with Gasteiger partial charge < -0.3 is 4.74 Å². The van der Waals surface area contributed by atoms with Crippen LogP contribution in [0, 0.1) is 0 Å². The Balaban J connectivity index is 2.28.